The fraction of sp³-hybridized carbons (Fsp3) is 0.529. The fourth-order valence-corrected chi connectivity index (χ4v) is 2.49. The Balaban J connectivity index is 2.24. The second kappa shape index (κ2) is 7.00. The summed E-state index contributed by atoms with van der Waals surface area (Å²) in [5.74, 6) is -0.438. The van der Waals surface area contributed by atoms with Gasteiger partial charge in [0.15, 0.2) is 0 Å². The molecule has 1 aromatic rings. The quantitative estimate of drug-likeness (QED) is 0.679. The van der Waals surface area contributed by atoms with E-state index in [4.69, 9.17) is 4.74 Å². The van der Waals surface area contributed by atoms with Gasteiger partial charge in [0.1, 0.15) is 5.60 Å². The van der Waals surface area contributed by atoms with Crippen molar-refractivity contribution in [3.8, 4) is 0 Å². The molecule has 0 radical (unpaired) electrons. The summed E-state index contributed by atoms with van der Waals surface area (Å²) in [6.07, 6.45) is 0.580. The molecule has 2 rings (SSSR count). The normalized spacial score (nSPS) is 16.1. The predicted molar refractivity (Wildman–Crippen MR) is 91.0 cm³/mol. The maximum Gasteiger partial charge on any atom is 0.340 e. The average Bonchev–Trinajstić information content (AvgIpc) is 2.46. The minimum absolute atomic E-state index is 0.366. The van der Waals surface area contributed by atoms with Gasteiger partial charge in [-0.1, -0.05) is 0 Å². The summed E-state index contributed by atoms with van der Waals surface area (Å²) in [6.45, 7) is 9.27. The molecule has 0 spiro atoms. The molecule has 1 aliphatic heterocycles. The van der Waals surface area contributed by atoms with E-state index >= 15 is 0 Å². The van der Waals surface area contributed by atoms with Crippen molar-refractivity contribution in [2.45, 2.75) is 26.4 Å². The van der Waals surface area contributed by atoms with E-state index in [1.165, 1.54) is 0 Å². The molecule has 1 amide bonds. The molecule has 0 unspecified atom stereocenters. The van der Waals surface area contributed by atoms with Crippen LogP contribution in [0.15, 0.2) is 18.2 Å². The van der Waals surface area contributed by atoms with Crippen molar-refractivity contribution in [2.24, 2.45) is 0 Å². The van der Waals surface area contributed by atoms with Gasteiger partial charge in [-0.15, -0.1) is 0 Å². The Kier molecular flexibility index (Phi) is 5.26. The number of benzene rings is 1. The number of likely N-dealkylation sites (N-methyl/N-ethyl adjacent to an activating group) is 1. The summed E-state index contributed by atoms with van der Waals surface area (Å²) < 4.78 is 5.40. The van der Waals surface area contributed by atoms with Crippen LogP contribution in [0.25, 0.3) is 0 Å². The molecule has 0 saturated carbocycles. The van der Waals surface area contributed by atoms with E-state index < -0.39 is 11.6 Å². The maximum absolute atomic E-state index is 12.3. The lowest BCUT2D eigenvalue weighted by Gasteiger charge is -2.34. The van der Waals surface area contributed by atoms with E-state index in [9.17, 15) is 9.59 Å². The molecular formula is C17H25N3O3. The van der Waals surface area contributed by atoms with Crippen LogP contribution >= 0.6 is 0 Å². The van der Waals surface area contributed by atoms with Crippen LogP contribution in [0, 0.1) is 0 Å². The van der Waals surface area contributed by atoms with Gasteiger partial charge >= 0.3 is 5.97 Å². The highest BCUT2D eigenvalue weighted by Crippen LogP contribution is 2.26. The topological polar surface area (TPSA) is 61.9 Å². The van der Waals surface area contributed by atoms with Gasteiger partial charge in [-0.3, -0.25) is 4.79 Å². The van der Waals surface area contributed by atoms with Crippen molar-refractivity contribution >= 4 is 23.8 Å². The van der Waals surface area contributed by atoms with Gasteiger partial charge in [0.2, 0.25) is 6.41 Å². The summed E-state index contributed by atoms with van der Waals surface area (Å²) in [5, 5.41) is 2.61. The molecule has 0 atom stereocenters. The van der Waals surface area contributed by atoms with Crippen molar-refractivity contribution in [3.05, 3.63) is 23.8 Å². The Labute approximate surface area is 137 Å². The van der Waals surface area contributed by atoms with Gasteiger partial charge in [-0.2, -0.15) is 0 Å². The first kappa shape index (κ1) is 17.3. The molecule has 1 heterocycles. The van der Waals surface area contributed by atoms with Crippen molar-refractivity contribution < 1.29 is 14.3 Å². The molecule has 0 aromatic heterocycles. The number of nitrogens with zero attached hydrogens (tertiary/aromatic N) is 2. The first-order chi connectivity index (χ1) is 10.8. The monoisotopic (exact) mass is 319 g/mol. The molecule has 1 fully saturated rings. The van der Waals surface area contributed by atoms with Crippen molar-refractivity contribution in [3.63, 3.8) is 0 Å². The Morgan fingerprint density at radius 1 is 1.22 bits per heavy atom. The molecule has 1 aromatic carbocycles. The maximum atomic E-state index is 12.3. The van der Waals surface area contributed by atoms with E-state index in [0.717, 1.165) is 31.9 Å². The number of esters is 1. The number of hydrogen-bond acceptors (Lipinski definition) is 5. The van der Waals surface area contributed by atoms with Crippen molar-refractivity contribution in [2.75, 3.05) is 43.4 Å². The van der Waals surface area contributed by atoms with E-state index in [1.807, 2.05) is 32.9 Å². The molecule has 0 aliphatic carbocycles. The summed E-state index contributed by atoms with van der Waals surface area (Å²) in [7, 11) is 2.10. The number of carbonyl (C=O) groups excluding carboxylic acids is 2. The number of rotatable bonds is 4. The molecule has 1 N–H and O–H groups in total. The van der Waals surface area contributed by atoms with Crippen molar-refractivity contribution in [1.82, 2.24) is 4.90 Å². The zero-order valence-electron chi connectivity index (χ0n) is 14.3. The molecule has 6 heteroatoms. The van der Waals surface area contributed by atoms with Gasteiger partial charge in [0.25, 0.3) is 0 Å². The average molecular weight is 319 g/mol. The summed E-state index contributed by atoms with van der Waals surface area (Å²) in [4.78, 5) is 27.7. The molecule has 1 aliphatic rings. The number of nitrogens with one attached hydrogen (secondary N) is 1. The van der Waals surface area contributed by atoms with Crippen molar-refractivity contribution in [1.29, 1.82) is 0 Å². The lowest BCUT2D eigenvalue weighted by Crippen LogP contribution is -2.44. The van der Waals surface area contributed by atoms with Crippen LogP contribution in [0.2, 0.25) is 0 Å². The van der Waals surface area contributed by atoms with E-state index in [1.54, 1.807) is 6.07 Å². The number of ether oxygens (including phenoxy) is 1. The number of anilines is 2. The van der Waals surface area contributed by atoms with E-state index in [0.29, 0.717) is 17.7 Å². The minimum atomic E-state index is -0.578. The second-order valence-electron chi connectivity index (χ2n) is 6.78. The van der Waals surface area contributed by atoms with Crippen LogP contribution in [0.4, 0.5) is 11.4 Å². The summed E-state index contributed by atoms with van der Waals surface area (Å²) in [5.41, 5.74) is 1.26. The smallest absolute Gasteiger partial charge is 0.340 e. The summed E-state index contributed by atoms with van der Waals surface area (Å²) in [6, 6.07) is 5.45. The third-order valence-corrected chi connectivity index (χ3v) is 3.70. The highest BCUT2D eigenvalue weighted by molar-refractivity contribution is 5.98. The SMILES string of the molecule is CN1CCN(c2ccc(C(=O)OC(C)(C)C)c(NC=O)c2)CC1. The third kappa shape index (κ3) is 4.69. The second-order valence-corrected chi connectivity index (χ2v) is 6.78. The Bertz CT molecular complexity index is 573. The van der Waals surface area contributed by atoms with Crippen LogP contribution in [-0.4, -0.2) is 56.1 Å². The zero-order chi connectivity index (χ0) is 17.0. The van der Waals surface area contributed by atoms with Crippen LogP contribution < -0.4 is 10.2 Å². The molecule has 6 nitrogen and oxygen atoms in total. The molecule has 126 valence electrons. The van der Waals surface area contributed by atoms with Gasteiger partial charge < -0.3 is 19.9 Å². The molecule has 23 heavy (non-hydrogen) atoms. The number of hydrogen-bond donors (Lipinski definition) is 1. The summed E-state index contributed by atoms with van der Waals surface area (Å²) >= 11 is 0. The number of piperazine rings is 1. The fourth-order valence-electron chi connectivity index (χ4n) is 2.49. The first-order valence-corrected chi connectivity index (χ1v) is 7.81. The Morgan fingerprint density at radius 2 is 1.87 bits per heavy atom. The van der Waals surface area contributed by atoms with Crippen LogP contribution in [-0.2, 0) is 9.53 Å². The van der Waals surface area contributed by atoms with E-state index in [2.05, 4.69) is 22.2 Å². The molecule has 0 bridgehead atoms. The van der Waals surface area contributed by atoms with Gasteiger partial charge in [-0.25, -0.2) is 4.79 Å². The largest absolute Gasteiger partial charge is 0.456 e. The first-order valence-electron chi connectivity index (χ1n) is 7.81. The van der Waals surface area contributed by atoms with Crippen LogP contribution in [0.1, 0.15) is 31.1 Å². The van der Waals surface area contributed by atoms with Gasteiger partial charge in [0, 0.05) is 31.9 Å². The standard InChI is InChI=1S/C17H25N3O3/c1-17(2,3)23-16(22)14-6-5-13(11-15(14)18-12-21)20-9-7-19(4)8-10-20/h5-6,11-12H,7-10H2,1-4H3,(H,18,21). The Morgan fingerprint density at radius 3 is 2.43 bits per heavy atom. The predicted octanol–water partition coefficient (Wildman–Crippen LogP) is 1.96. The molecule has 1 saturated heterocycles. The highest BCUT2D eigenvalue weighted by atomic mass is 16.6. The lowest BCUT2D eigenvalue weighted by molar-refractivity contribution is -0.105. The van der Waals surface area contributed by atoms with Gasteiger partial charge in [-0.05, 0) is 46.0 Å². The van der Waals surface area contributed by atoms with Gasteiger partial charge in [0.05, 0.1) is 11.3 Å². The molecular weight excluding hydrogens is 294 g/mol. The van der Waals surface area contributed by atoms with E-state index in [-0.39, 0.29) is 0 Å². The zero-order valence-corrected chi connectivity index (χ0v) is 14.3. The lowest BCUT2D eigenvalue weighted by atomic mass is 10.1. The van der Waals surface area contributed by atoms with Crippen LogP contribution in [0.3, 0.4) is 0 Å². The Hall–Kier alpha value is -2.08. The number of carbonyl (C=O) groups is 2. The van der Waals surface area contributed by atoms with Crippen LogP contribution in [0.5, 0.6) is 0 Å². The third-order valence-electron chi connectivity index (χ3n) is 3.70. The highest BCUT2D eigenvalue weighted by Gasteiger charge is 2.22. The number of amides is 1. The minimum Gasteiger partial charge on any atom is -0.456 e.